The van der Waals surface area contributed by atoms with Crippen LogP contribution in [0.1, 0.15) is 53.4 Å². The fraction of sp³-hybridized carbons (Fsp3) is 0.400. The van der Waals surface area contributed by atoms with Gasteiger partial charge in [0.25, 0.3) is 11.6 Å². The van der Waals surface area contributed by atoms with Gasteiger partial charge in [-0.1, -0.05) is 36.7 Å². The SMILES string of the molecule is O=C(Nc1nnc(C2CCCCC2)s1)c1cccc([N+](=O)[O-])c1. The first-order valence-electron chi connectivity index (χ1n) is 7.52. The van der Waals surface area contributed by atoms with Crippen molar-refractivity contribution in [1.82, 2.24) is 10.2 Å². The maximum Gasteiger partial charge on any atom is 0.270 e. The average Bonchev–Trinajstić information content (AvgIpc) is 3.04. The Bertz CT molecular complexity index is 725. The molecule has 0 atom stereocenters. The molecule has 1 heterocycles. The molecule has 120 valence electrons. The lowest BCUT2D eigenvalue weighted by molar-refractivity contribution is -0.384. The third-order valence-corrected chi connectivity index (χ3v) is 4.94. The molecule has 8 heteroatoms. The topological polar surface area (TPSA) is 98.0 Å². The Morgan fingerprint density at radius 1 is 1.26 bits per heavy atom. The molecule has 7 nitrogen and oxygen atoms in total. The van der Waals surface area contributed by atoms with E-state index in [1.54, 1.807) is 0 Å². The van der Waals surface area contributed by atoms with Crippen molar-refractivity contribution in [2.24, 2.45) is 0 Å². The molecule has 1 N–H and O–H groups in total. The number of anilines is 1. The lowest BCUT2D eigenvalue weighted by atomic mass is 9.90. The van der Waals surface area contributed by atoms with Crippen molar-refractivity contribution in [3.8, 4) is 0 Å². The summed E-state index contributed by atoms with van der Waals surface area (Å²) in [7, 11) is 0. The van der Waals surface area contributed by atoms with Gasteiger partial charge in [-0.15, -0.1) is 10.2 Å². The normalized spacial score (nSPS) is 15.3. The molecule has 0 saturated heterocycles. The van der Waals surface area contributed by atoms with Crippen LogP contribution in [-0.2, 0) is 0 Å². The average molecular weight is 332 g/mol. The van der Waals surface area contributed by atoms with Crippen LogP contribution in [0.5, 0.6) is 0 Å². The zero-order valence-electron chi connectivity index (χ0n) is 12.4. The van der Waals surface area contributed by atoms with Gasteiger partial charge in [-0.05, 0) is 18.9 Å². The number of hydrogen-bond donors (Lipinski definition) is 1. The van der Waals surface area contributed by atoms with Crippen molar-refractivity contribution in [2.75, 3.05) is 5.32 Å². The number of non-ortho nitro benzene ring substituents is 1. The van der Waals surface area contributed by atoms with Crippen molar-refractivity contribution in [3.05, 3.63) is 45.0 Å². The molecule has 23 heavy (non-hydrogen) atoms. The highest BCUT2D eigenvalue weighted by molar-refractivity contribution is 7.15. The summed E-state index contributed by atoms with van der Waals surface area (Å²) >= 11 is 1.38. The minimum Gasteiger partial charge on any atom is -0.296 e. The second kappa shape index (κ2) is 6.82. The number of amides is 1. The highest BCUT2D eigenvalue weighted by Crippen LogP contribution is 2.35. The summed E-state index contributed by atoms with van der Waals surface area (Å²) in [5, 5.41) is 23.0. The summed E-state index contributed by atoms with van der Waals surface area (Å²) in [6, 6.07) is 5.62. The lowest BCUT2D eigenvalue weighted by Gasteiger charge is -2.18. The fourth-order valence-corrected chi connectivity index (χ4v) is 3.64. The van der Waals surface area contributed by atoms with Gasteiger partial charge in [0.05, 0.1) is 4.92 Å². The van der Waals surface area contributed by atoms with E-state index in [0.717, 1.165) is 17.8 Å². The second-order valence-electron chi connectivity index (χ2n) is 5.54. The molecule has 1 aromatic carbocycles. The molecule has 0 radical (unpaired) electrons. The molecular formula is C15H16N4O3S. The summed E-state index contributed by atoms with van der Waals surface area (Å²) in [5.74, 6) is 0.0183. The summed E-state index contributed by atoms with van der Waals surface area (Å²) < 4.78 is 0. The first-order chi connectivity index (χ1) is 11.1. The third kappa shape index (κ3) is 3.70. The number of nitro groups is 1. The molecule has 0 bridgehead atoms. The van der Waals surface area contributed by atoms with E-state index < -0.39 is 10.8 Å². The number of nitrogens with zero attached hydrogens (tertiary/aromatic N) is 3. The van der Waals surface area contributed by atoms with E-state index in [1.165, 1.54) is 54.9 Å². The predicted octanol–water partition coefficient (Wildman–Crippen LogP) is 3.75. The fourth-order valence-electron chi connectivity index (χ4n) is 2.73. The molecule has 1 aromatic heterocycles. The van der Waals surface area contributed by atoms with Crippen LogP contribution >= 0.6 is 11.3 Å². The zero-order chi connectivity index (χ0) is 16.2. The molecule has 0 aliphatic heterocycles. The smallest absolute Gasteiger partial charge is 0.270 e. The minimum absolute atomic E-state index is 0.113. The van der Waals surface area contributed by atoms with E-state index >= 15 is 0 Å². The molecule has 1 saturated carbocycles. The Balaban J connectivity index is 1.69. The molecule has 0 unspecified atom stereocenters. The Morgan fingerprint density at radius 2 is 2.04 bits per heavy atom. The van der Waals surface area contributed by atoms with Gasteiger partial charge in [0.1, 0.15) is 5.01 Å². The molecule has 3 rings (SSSR count). The Kier molecular flexibility index (Phi) is 4.61. The Morgan fingerprint density at radius 3 is 2.78 bits per heavy atom. The van der Waals surface area contributed by atoms with E-state index in [1.807, 2.05) is 0 Å². The highest BCUT2D eigenvalue weighted by atomic mass is 32.1. The molecule has 1 fully saturated rings. The van der Waals surface area contributed by atoms with Crippen LogP contribution in [0, 0.1) is 10.1 Å². The summed E-state index contributed by atoms with van der Waals surface area (Å²) in [6.07, 6.45) is 5.92. The van der Waals surface area contributed by atoms with Crippen molar-refractivity contribution >= 4 is 28.1 Å². The van der Waals surface area contributed by atoms with Gasteiger partial charge >= 0.3 is 0 Å². The van der Waals surface area contributed by atoms with Gasteiger partial charge in [-0.3, -0.25) is 20.2 Å². The number of carbonyl (C=O) groups is 1. The van der Waals surface area contributed by atoms with Crippen LogP contribution in [0.25, 0.3) is 0 Å². The standard InChI is InChI=1S/C15H16N4O3S/c20-13(11-7-4-8-12(9-11)19(21)22)16-15-18-17-14(23-15)10-5-2-1-3-6-10/h4,7-10H,1-3,5-6H2,(H,16,18,20). The zero-order valence-corrected chi connectivity index (χ0v) is 13.2. The first-order valence-corrected chi connectivity index (χ1v) is 8.34. The van der Waals surface area contributed by atoms with Crippen LogP contribution in [0.3, 0.4) is 0 Å². The molecule has 2 aromatic rings. The number of nitro benzene ring substituents is 1. The molecule has 1 aliphatic carbocycles. The van der Waals surface area contributed by atoms with Crippen LogP contribution in [0.4, 0.5) is 10.8 Å². The van der Waals surface area contributed by atoms with Crippen molar-refractivity contribution in [3.63, 3.8) is 0 Å². The van der Waals surface area contributed by atoms with E-state index in [-0.39, 0.29) is 11.3 Å². The number of benzene rings is 1. The van der Waals surface area contributed by atoms with E-state index in [9.17, 15) is 14.9 Å². The lowest BCUT2D eigenvalue weighted by Crippen LogP contribution is -2.11. The largest absolute Gasteiger partial charge is 0.296 e. The van der Waals surface area contributed by atoms with Crippen molar-refractivity contribution in [1.29, 1.82) is 0 Å². The van der Waals surface area contributed by atoms with E-state index in [4.69, 9.17) is 0 Å². The van der Waals surface area contributed by atoms with E-state index in [2.05, 4.69) is 15.5 Å². The van der Waals surface area contributed by atoms with Gasteiger partial charge in [0, 0.05) is 23.6 Å². The maximum atomic E-state index is 12.2. The second-order valence-corrected chi connectivity index (χ2v) is 6.55. The molecule has 1 amide bonds. The van der Waals surface area contributed by atoms with Crippen molar-refractivity contribution in [2.45, 2.75) is 38.0 Å². The van der Waals surface area contributed by atoms with Crippen molar-refractivity contribution < 1.29 is 9.72 Å². The maximum absolute atomic E-state index is 12.2. The quantitative estimate of drug-likeness (QED) is 0.679. The Labute approximate surface area is 136 Å². The number of rotatable bonds is 4. The first kappa shape index (κ1) is 15.5. The number of carbonyl (C=O) groups excluding carboxylic acids is 1. The number of aromatic nitrogens is 2. The van der Waals surface area contributed by atoms with Crippen LogP contribution < -0.4 is 5.32 Å². The molecule has 0 spiro atoms. The monoisotopic (exact) mass is 332 g/mol. The summed E-state index contributed by atoms with van der Waals surface area (Å²) in [4.78, 5) is 22.4. The van der Waals surface area contributed by atoms with Crippen LogP contribution in [0.15, 0.2) is 24.3 Å². The predicted molar refractivity (Wildman–Crippen MR) is 86.8 cm³/mol. The van der Waals surface area contributed by atoms with Gasteiger partial charge in [-0.25, -0.2) is 0 Å². The molecule has 1 aliphatic rings. The minimum atomic E-state index is -0.525. The number of hydrogen-bond acceptors (Lipinski definition) is 6. The molecular weight excluding hydrogens is 316 g/mol. The summed E-state index contributed by atoms with van der Waals surface area (Å²) in [6.45, 7) is 0. The van der Waals surface area contributed by atoms with Crippen LogP contribution in [0.2, 0.25) is 0 Å². The third-order valence-electron chi connectivity index (χ3n) is 3.93. The van der Waals surface area contributed by atoms with Crippen LogP contribution in [-0.4, -0.2) is 21.0 Å². The van der Waals surface area contributed by atoms with Gasteiger partial charge < -0.3 is 0 Å². The number of nitrogens with one attached hydrogen (secondary N) is 1. The van der Waals surface area contributed by atoms with Gasteiger partial charge in [-0.2, -0.15) is 0 Å². The van der Waals surface area contributed by atoms with Gasteiger partial charge in [0.15, 0.2) is 0 Å². The highest BCUT2D eigenvalue weighted by Gasteiger charge is 2.20. The van der Waals surface area contributed by atoms with E-state index in [0.29, 0.717) is 11.0 Å². The van der Waals surface area contributed by atoms with Gasteiger partial charge in [0.2, 0.25) is 5.13 Å². The summed E-state index contributed by atoms with van der Waals surface area (Å²) in [5.41, 5.74) is 0.117. The Hall–Kier alpha value is -2.35.